The number of hydrogen-bond acceptors (Lipinski definition) is 4. The first-order valence-corrected chi connectivity index (χ1v) is 7.70. The maximum absolute atomic E-state index is 9.51. The minimum absolute atomic E-state index is 0.0926. The van der Waals surface area contributed by atoms with E-state index in [1.807, 2.05) is 55.5 Å². The molecule has 0 aromatic heterocycles. The molecule has 0 aliphatic heterocycles. The molecule has 23 heavy (non-hydrogen) atoms. The summed E-state index contributed by atoms with van der Waals surface area (Å²) in [6, 6.07) is 15.5. The zero-order chi connectivity index (χ0) is 16.7. The van der Waals surface area contributed by atoms with Crippen molar-refractivity contribution in [2.45, 2.75) is 18.8 Å². The van der Waals surface area contributed by atoms with Crippen LogP contribution in [-0.4, -0.2) is 37.1 Å². The van der Waals surface area contributed by atoms with Gasteiger partial charge < -0.3 is 19.7 Å². The molecule has 2 aromatic carbocycles. The Bertz CT molecular complexity index is 620. The summed E-state index contributed by atoms with van der Waals surface area (Å²) in [6.45, 7) is 2.19. The fraction of sp³-hybridized carbons (Fsp3) is 0.368. The lowest BCUT2D eigenvalue weighted by atomic mass is 9.83. The molecule has 0 amide bonds. The second-order valence-electron chi connectivity index (χ2n) is 5.83. The van der Waals surface area contributed by atoms with E-state index < -0.39 is 5.41 Å². The number of methoxy groups -OCH3 is 1. The molecule has 0 unspecified atom stereocenters. The topological polar surface area (TPSA) is 58.9 Å². The van der Waals surface area contributed by atoms with Crippen molar-refractivity contribution in [3.8, 4) is 11.5 Å². The summed E-state index contributed by atoms with van der Waals surface area (Å²) >= 11 is 0. The standard InChI is InChI=1S/C19H24O4/c1-19(13-20,14-21)16-7-5-6-15(12-16)10-11-23-18-9-4-3-8-17(18)22-2/h3-9,12,20-21H,10-11,13-14H2,1-2H3. The van der Waals surface area contributed by atoms with E-state index in [-0.39, 0.29) is 13.2 Å². The van der Waals surface area contributed by atoms with Crippen LogP contribution in [0, 0.1) is 0 Å². The Balaban J connectivity index is 2.01. The maximum Gasteiger partial charge on any atom is 0.161 e. The van der Waals surface area contributed by atoms with Gasteiger partial charge in [0.25, 0.3) is 0 Å². The van der Waals surface area contributed by atoms with Gasteiger partial charge in [0.1, 0.15) is 0 Å². The molecule has 0 atom stereocenters. The largest absolute Gasteiger partial charge is 0.493 e. The first-order chi connectivity index (χ1) is 11.1. The SMILES string of the molecule is COc1ccccc1OCCc1cccc(C(C)(CO)CO)c1. The molecule has 0 aliphatic carbocycles. The number of rotatable bonds is 8. The van der Waals surface area contributed by atoms with Crippen LogP contribution in [0.1, 0.15) is 18.1 Å². The Labute approximate surface area is 137 Å². The predicted octanol–water partition coefficient (Wildman–Crippen LogP) is 2.56. The highest BCUT2D eigenvalue weighted by Gasteiger charge is 2.24. The highest BCUT2D eigenvalue weighted by molar-refractivity contribution is 5.39. The average Bonchev–Trinajstić information content (AvgIpc) is 2.61. The van der Waals surface area contributed by atoms with Gasteiger partial charge in [0.2, 0.25) is 0 Å². The minimum Gasteiger partial charge on any atom is -0.493 e. The third-order valence-corrected chi connectivity index (χ3v) is 4.04. The summed E-state index contributed by atoms with van der Waals surface area (Å²) in [5.74, 6) is 1.44. The fourth-order valence-electron chi connectivity index (χ4n) is 2.35. The molecule has 124 valence electrons. The number of hydrogen-bond donors (Lipinski definition) is 2. The predicted molar refractivity (Wildman–Crippen MR) is 90.2 cm³/mol. The molecule has 4 nitrogen and oxygen atoms in total. The van der Waals surface area contributed by atoms with E-state index in [9.17, 15) is 10.2 Å². The summed E-state index contributed by atoms with van der Waals surface area (Å²) in [4.78, 5) is 0. The molecule has 0 bridgehead atoms. The molecule has 2 N–H and O–H groups in total. The summed E-state index contributed by atoms with van der Waals surface area (Å²) < 4.78 is 11.0. The summed E-state index contributed by atoms with van der Waals surface area (Å²) in [5, 5.41) is 19.0. The molecule has 0 aliphatic rings. The van der Waals surface area contributed by atoms with Crippen molar-refractivity contribution < 1.29 is 19.7 Å². The quantitative estimate of drug-likeness (QED) is 0.786. The van der Waals surface area contributed by atoms with Gasteiger partial charge in [-0.3, -0.25) is 0 Å². The van der Waals surface area contributed by atoms with Crippen LogP contribution in [0.5, 0.6) is 11.5 Å². The Hall–Kier alpha value is -2.04. The maximum atomic E-state index is 9.51. The molecule has 0 radical (unpaired) electrons. The summed E-state index contributed by atoms with van der Waals surface area (Å²) in [6.07, 6.45) is 0.735. The van der Waals surface area contributed by atoms with Crippen LogP contribution in [-0.2, 0) is 11.8 Å². The molecule has 4 heteroatoms. The molecule has 2 aromatic rings. The molecule has 0 spiro atoms. The highest BCUT2D eigenvalue weighted by Crippen LogP contribution is 2.26. The van der Waals surface area contributed by atoms with E-state index in [1.165, 1.54) is 0 Å². The van der Waals surface area contributed by atoms with Gasteiger partial charge >= 0.3 is 0 Å². The number of aliphatic hydroxyl groups is 2. The van der Waals surface area contributed by atoms with Gasteiger partial charge in [0.05, 0.1) is 26.9 Å². The number of para-hydroxylation sites is 2. The molecule has 0 saturated heterocycles. The van der Waals surface area contributed by atoms with E-state index in [1.54, 1.807) is 7.11 Å². The Morgan fingerprint density at radius 2 is 1.65 bits per heavy atom. The van der Waals surface area contributed by atoms with Crippen LogP contribution in [0.25, 0.3) is 0 Å². The third-order valence-electron chi connectivity index (χ3n) is 4.04. The average molecular weight is 316 g/mol. The van der Waals surface area contributed by atoms with Crippen LogP contribution < -0.4 is 9.47 Å². The smallest absolute Gasteiger partial charge is 0.161 e. The second-order valence-corrected chi connectivity index (χ2v) is 5.83. The van der Waals surface area contributed by atoms with E-state index in [0.717, 1.165) is 29.0 Å². The number of benzene rings is 2. The molecular formula is C19H24O4. The van der Waals surface area contributed by atoms with Gasteiger partial charge in [-0.05, 0) is 23.3 Å². The van der Waals surface area contributed by atoms with E-state index >= 15 is 0 Å². The zero-order valence-corrected chi connectivity index (χ0v) is 13.7. The van der Waals surface area contributed by atoms with Crippen molar-refractivity contribution in [1.29, 1.82) is 0 Å². The van der Waals surface area contributed by atoms with Crippen LogP contribution in [0.3, 0.4) is 0 Å². The lowest BCUT2D eigenvalue weighted by molar-refractivity contribution is 0.129. The second kappa shape index (κ2) is 7.99. The molecular weight excluding hydrogens is 292 g/mol. The monoisotopic (exact) mass is 316 g/mol. The first-order valence-electron chi connectivity index (χ1n) is 7.70. The van der Waals surface area contributed by atoms with Crippen LogP contribution in [0.15, 0.2) is 48.5 Å². The van der Waals surface area contributed by atoms with Gasteiger partial charge in [0.15, 0.2) is 11.5 Å². The van der Waals surface area contributed by atoms with Crippen molar-refractivity contribution in [3.63, 3.8) is 0 Å². The number of aliphatic hydroxyl groups excluding tert-OH is 2. The molecule has 0 saturated carbocycles. The Kier molecular flexibility index (Phi) is 6.02. The van der Waals surface area contributed by atoms with Gasteiger partial charge in [-0.1, -0.05) is 43.3 Å². The van der Waals surface area contributed by atoms with Gasteiger partial charge in [-0.25, -0.2) is 0 Å². The fourth-order valence-corrected chi connectivity index (χ4v) is 2.35. The van der Waals surface area contributed by atoms with E-state index in [0.29, 0.717) is 6.61 Å². The zero-order valence-electron chi connectivity index (χ0n) is 13.7. The van der Waals surface area contributed by atoms with Crippen molar-refractivity contribution in [3.05, 3.63) is 59.7 Å². The van der Waals surface area contributed by atoms with Crippen molar-refractivity contribution in [2.24, 2.45) is 0 Å². The van der Waals surface area contributed by atoms with Crippen LogP contribution in [0.2, 0.25) is 0 Å². The Morgan fingerprint density at radius 3 is 2.30 bits per heavy atom. The highest BCUT2D eigenvalue weighted by atomic mass is 16.5. The number of ether oxygens (including phenoxy) is 2. The third kappa shape index (κ3) is 4.24. The normalized spacial score (nSPS) is 11.3. The minimum atomic E-state index is -0.625. The molecule has 2 rings (SSSR count). The summed E-state index contributed by atoms with van der Waals surface area (Å²) in [7, 11) is 1.62. The van der Waals surface area contributed by atoms with Crippen molar-refractivity contribution >= 4 is 0 Å². The lowest BCUT2D eigenvalue weighted by Gasteiger charge is -2.25. The van der Waals surface area contributed by atoms with Gasteiger partial charge in [-0.15, -0.1) is 0 Å². The van der Waals surface area contributed by atoms with E-state index in [4.69, 9.17) is 9.47 Å². The van der Waals surface area contributed by atoms with Crippen LogP contribution in [0.4, 0.5) is 0 Å². The van der Waals surface area contributed by atoms with E-state index in [2.05, 4.69) is 0 Å². The Morgan fingerprint density at radius 1 is 0.957 bits per heavy atom. The van der Waals surface area contributed by atoms with Gasteiger partial charge in [-0.2, -0.15) is 0 Å². The van der Waals surface area contributed by atoms with Gasteiger partial charge in [0, 0.05) is 11.8 Å². The molecule has 0 heterocycles. The first kappa shape index (κ1) is 17.3. The van der Waals surface area contributed by atoms with Crippen molar-refractivity contribution in [1.82, 2.24) is 0 Å². The lowest BCUT2D eigenvalue weighted by Crippen LogP contribution is -2.31. The van der Waals surface area contributed by atoms with Crippen molar-refractivity contribution in [2.75, 3.05) is 26.9 Å². The summed E-state index contributed by atoms with van der Waals surface area (Å²) in [5.41, 5.74) is 1.40. The molecule has 0 fully saturated rings. The van der Waals surface area contributed by atoms with Crippen LogP contribution >= 0.6 is 0 Å².